The summed E-state index contributed by atoms with van der Waals surface area (Å²) >= 11 is 2.20. The SMILES string of the molecule is CCCCc1oc(=O)c2cccnc2c1I. The number of aryl methyl sites for hydroxylation is 1. The van der Waals surface area contributed by atoms with E-state index >= 15 is 0 Å². The lowest BCUT2D eigenvalue weighted by molar-refractivity contribution is 0.456. The zero-order valence-electron chi connectivity index (χ0n) is 9.00. The molecule has 0 N–H and O–H groups in total. The Morgan fingerprint density at radius 3 is 3.06 bits per heavy atom. The summed E-state index contributed by atoms with van der Waals surface area (Å²) < 4.78 is 6.28. The van der Waals surface area contributed by atoms with Gasteiger partial charge in [-0.2, -0.15) is 0 Å². The molecule has 2 heterocycles. The van der Waals surface area contributed by atoms with Crippen LogP contribution in [0.25, 0.3) is 10.9 Å². The fourth-order valence-corrected chi connectivity index (χ4v) is 2.40. The van der Waals surface area contributed by atoms with E-state index < -0.39 is 0 Å². The maximum absolute atomic E-state index is 11.7. The van der Waals surface area contributed by atoms with Crippen LogP contribution in [-0.2, 0) is 6.42 Å². The molecule has 0 spiro atoms. The number of unbranched alkanes of at least 4 members (excludes halogenated alkanes) is 1. The van der Waals surface area contributed by atoms with E-state index in [1.165, 1.54) is 0 Å². The monoisotopic (exact) mass is 329 g/mol. The van der Waals surface area contributed by atoms with Gasteiger partial charge in [-0.15, -0.1) is 0 Å². The van der Waals surface area contributed by atoms with Crippen LogP contribution in [0.3, 0.4) is 0 Å². The molecule has 0 aliphatic heterocycles. The van der Waals surface area contributed by atoms with Gasteiger partial charge in [-0.3, -0.25) is 4.98 Å². The van der Waals surface area contributed by atoms with Crippen LogP contribution < -0.4 is 5.63 Å². The van der Waals surface area contributed by atoms with Gasteiger partial charge in [-0.1, -0.05) is 13.3 Å². The van der Waals surface area contributed by atoms with Gasteiger partial charge in [0.25, 0.3) is 0 Å². The molecule has 0 radical (unpaired) electrons. The summed E-state index contributed by atoms with van der Waals surface area (Å²) in [5, 5.41) is 0.562. The Kier molecular flexibility index (Phi) is 3.58. The summed E-state index contributed by atoms with van der Waals surface area (Å²) in [6.45, 7) is 2.12. The molecule has 0 aliphatic rings. The van der Waals surface area contributed by atoms with E-state index in [1.807, 2.05) is 0 Å². The lowest BCUT2D eigenvalue weighted by Gasteiger charge is -2.04. The van der Waals surface area contributed by atoms with Crippen molar-refractivity contribution in [2.45, 2.75) is 26.2 Å². The molecule has 0 saturated heterocycles. The molecular weight excluding hydrogens is 317 g/mol. The highest BCUT2D eigenvalue weighted by Crippen LogP contribution is 2.20. The Balaban J connectivity index is 2.61. The predicted molar refractivity (Wildman–Crippen MR) is 71.6 cm³/mol. The summed E-state index contributed by atoms with van der Waals surface area (Å²) in [5.41, 5.74) is 0.472. The lowest BCUT2D eigenvalue weighted by atomic mass is 10.2. The van der Waals surface area contributed by atoms with Gasteiger partial charge in [0, 0.05) is 12.6 Å². The van der Waals surface area contributed by atoms with Gasteiger partial charge in [0.1, 0.15) is 5.76 Å². The van der Waals surface area contributed by atoms with E-state index in [0.717, 1.165) is 34.1 Å². The molecule has 0 aliphatic carbocycles. The fourth-order valence-electron chi connectivity index (χ4n) is 1.59. The first-order valence-electron chi connectivity index (χ1n) is 5.30. The highest BCUT2D eigenvalue weighted by molar-refractivity contribution is 14.1. The molecule has 84 valence electrons. The molecule has 0 fully saturated rings. The largest absolute Gasteiger partial charge is 0.426 e. The third-order valence-corrected chi connectivity index (χ3v) is 3.57. The maximum atomic E-state index is 11.7. The molecule has 2 rings (SSSR count). The highest BCUT2D eigenvalue weighted by Gasteiger charge is 2.11. The number of nitrogens with zero attached hydrogens (tertiary/aromatic N) is 1. The van der Waals surface area contributed by atoms with Crippen LogP contribution in [0.15, 0.2) is 27.5 Å². The van der Waals surface area contributed by atoms with Crippen molar-refractivity contribution < 1.29 is 4.42 Å². The standard InChI is InChI=1S/C12H12INO2/c1-2-3-6-9-10(13)11-8(12(15)16-9)5-4-7-14-11/h4-5,7H,2-3,6H2,1H3. The zero-order valence-corrected chi connectivity index (χ0v) is 11.2. The fraction of sp³-hybridized carbons (Fsp3) is 0.333. The topological polar surface area (TPSA) is 43.1 Å². The van der Waals surface area contributed by atoms with Crippen molar-refractivity contribution in [3.63, 3.8) is 0 Å². The third-order valence-electron chi connectivity index (χ3n) is 2.45. The van der Waals surface area contributed by atoms with Crippen LogP contribution >= 0.6 is 22.6 Å². The number of aromatic nitrogens is 1. The van der Waals surface area contributed by atoms with E-state index in [9.17, 15) is 4.79 Å². The molecule has 0 amide bonds. The second-order valence-corrected chi connectivity index (χ2v) is 4.71. The van der Waals surface area contributed by atoms with Crippen molar-refractivity contribution in [1.82, 2.24) is 4.98 Å². The van der Waals surface area contributed by atoms with E-state index in [-0.39, 0.29) is 5.63 Å². The molecule has 0 unspecified atom stereocenters. The van der Waals surface area contributed by atoms with Gasteiger partial charge in [-0.25, -0.2) is 4.79 Å². The Morgan fingerprint density at radius 2 is 2.31 bits per heavy atom. The Bertz CT molecular complexity index is 562. The molecule has 0 bridgehead atoms. The first-order valence-corrected chi connectivity index (χ1v) is 6.38. The molecule has 2 aromatic heterocycles. The second-order valence-electron chi connectivity index (χ2n) is 3.63. The Labute approximate surface area is 107 Å². The van der Waals surface area contributed by atoms with Crippen molar-refractivity contribution in [3.8, 4) is 0 Å². The van der Waals surface area contributed by atoms with Crippen molar-refractivity contribution >= 4 is 33.5 Å². The minimum absolute atomic E-state index is 0.283. The van der Waals surface area contributed by atoms with Gasteiger partial charge in [0.05, 0.1) is 14.5 Å². The summed E-state index contributed by atoms with van der Waals surface area (Å²) in [6.07, 6.45) is 4.61. The van der Waals surface area contributed by atoms with Crippen LogP contribution in [0.1, 0.15) is 25.5 Å². The Hall–Kier alpha value is -0.910. The zero-order chi connectivity index (χ0) is 11.5. The molecule has 0 atom stereocenters. The number of pyridine rings is 1. The van der Waals surface area contributed by atoms with E-state index in [1.54, 1.807) is 18.3 Å². The number of rotatable bonds is 3. The Morgan fingerprint density at radius 1 is 1.50 bits per heavy atom. The van der Waals surface area contributed by atoms with Gasteiger partial charge in [0.15, 0.2) is 0 Å². The minimum atomic E-state index is -0.283. The predicted octanol–water partition coefficient (Wildman–Crippen LogP) is 3.14. The van der Waals surface area contributed by atoms with Crippen molar-refractivity contribution in [3.05, 3.63) is 38.1 Å². The first kappa shape index (κ1) is 11.6. The molecule has 2 aromatic rings. The smallest absolute Gasteiger partial charge is 0.345 e. The van der Waals surface area contributed by atoms with Crippen LogP contribution in [0.2, 0.25) is 0 Å². The lowest BCUT2D eigenvalue weighted by Crippen LogP contribution is -2.06. The van der Waals surface area contributed by atoms with Crippen molar-refractivity contribution in [1.29, 1.82) is 0 Å². The number of fused-ring (bicyclic) bond motifs is 1. The average Bonchev–Trinajstić information content (AvgIpc) is 2.32. The van der Waals surface area contributed by atoms with Crippen molar-refractivity contribution in [2.24, 2.45) is 0 Å². The summed E-state index contributed by atoms with van der Waals surface area (Å²) in [5.74, 6) is 0.763. The van der Waals surface area contributed by atoms with Gasteiger partial charge in [-0.05, 0) is 41.1 Å². The summed E-state index contributed by atoms with van der Waals surface area (Å²) in [7, 11) is 0. The quantitative estimate of drug-likeness (QED) is 0.813. The molecule has 3 nitrogen and oxygen atoms in total. The third kappa shape index (κ3) is 2.11. The van der Waals surface area contributed by atoms with Crippen LogP contribution in [0, 0.1) is 3.57 Å². The highest BCUT2D eigenvalue weighted by atomic mass is 127. The van der Waals surface area contributed by atoms with Gasteiger partial charge >= 0.3 is 5.63 Å². The van der Waals surface area contributed by atoms with Crippen LogP contribution in [0.5, 0.6) is 0 Å². The molecule has 0 saturated carbocycles. The second kappa shape index (κ2) is 4.95. The summed E-state index contributed by atoms with van der Waals surface area (Å²) in [4.78, 5) is 15.9. The molecule has 4 heteroatoms. The first-order chi connectivity index (χ1) is 7.74. The van der Waals surface area contributed by atoms with E-state index in [2.05, 4.69) is 34.5 Å². The maximum Gasteiger partial charge on any atom is 0.345 e. The van der Waals surface area contributed by atoms with E-state index in [0.29, 0.717) is 5.39 Å². The van der Waals surface area contributed by atoms with Crippen LogP contribution in [-0.4, -0.2) is 4.98 Å². The van der Waals surface area contributed by atoms with E-state index in [4.69, 9.17) is 4.42 Å². The molecule has 16 heavy (non-hydrogen) atoms. The van der Waals surface area contributed by atoms with Crippen molar-refractivity contribution in [2.75, 3.05) is 0 Å². The van der Waals surface area contributed by atoms with Crippen LogP contribution in [0.4, 0.5) is 0 Å². The van der Waals surface area contributed by atoms with Gasteiger partial charge < -0.3 is 4.42 Å². The molecule has 0 aromatic carbocycles. The minimum Gasteiger partial charge on any atom is -0.426 e. The normalized spacial score (nSPS) is 10.9. The average molecular weight is 329 g/mol. The number of halogens is 1. The number of hydrogen-bond acceptors (Lipinski definition) is 3. The summed E-state index contributed by atoms with van der Waals surface area (Å²) in [6, 6.07) is 3.50. The molecular formula is C12H12INO2. The number of hydrogen-bond donors (Lipinski definition) is 0. The van der Waals surface area contributed by atoms with Gasteiger partial charge in [0.2, 0.25) is 0 Å².